The van der Waals surface area contributed by atoms with E-state index < -0.39 is 6.10 Å². The molecule has 1 rings (SSSR count). The van der Waals surface area contributed by atoms with Crippen molar-refractivity contribution in [1.82, 2.24) is 5.32 Å². The van der Waals surface area contributed by atoms with Gasteiger partial charge in [0, 0.05) is 18.2 Å². The molecule has 0 saturated carbocycles. The smallest absolute Gasteiger partial charge is 0.124 e. The second kappa shape index (κ2) is 12.3. The Morgan fingerprint density at radius 2 is 1.96 bits per heavy atom. The molecule has 0 spiro atoms. The van der Waals surface area contributed by atoms with Crippen LogP contribution in [0.1, 0.15) is 51.5 Å². The molecule has 0 heterocycles. The summed E-state index contributed by atoms with van der Waals surface area (Å²) in [4.78, 5) is 0. The molecule has 0 fully saturated rings. The zero-order valence-corrected chi connectivity index (χ0v) is 14.9. The van der Waals surface area contributed by atoms with Gasteiger partial charge in [-0.3, -0.25) is 0 Å². The summed E-state index contributed by atoms with van der Waals surface area (Å²) in [5.41, 5.74) is 0.999. The van der Waals surface area contributed by atoms with Gasteiger partial charge in [-0.1, -0.05) is 50.8 Å². The number of aliphatic hydroxyl groups is 1. The fourth-order valence-corrected chi connectivity index (χ4v) is 2.50. The number of nitrogens with one attached hydrogen (secondary N) is 1. The average molecular weight is 323 g/mol. The van der Waals surface area contributed by atoms with Crippen LogP contribution in [0.4, 0.5) is 0 Å². The van der Waals surface area contributed by atoms with E-state index in [0.717, 1.165) is 17.7 Å². The van der Waals surface area contributed by atoms with Crippen LogP contribution in [0.15, 0.2) is 24.3 Å². The largest absolute Gasteiger partial charge is 0.496 e. The first-order chi connectivity index (χ1) is 11.2. The number of hydrogen-bond donors (Lipinski definition) is 2. The van der Waals surface area contributed by atoms with Gasteiger partial charge in [-0.15, -0.1) is 0 Å². The minimum Gasteiger partial charge on any atom is -0.496 e. The normalized spacial score (nSPS) is 13.7. The lowest BCUT2D eigenvalue weighted by Crippen LogP contribution is -2.35. The summed E-state index contributed by atoms with van der Waals surface area (Å²) in [5, 5.41) is 13.4. The summed E-state index contributed by atoms with van der Waals surface area (Å²) < 4.78 is 10.9. The van der Waals surface area contributed by atoms with Crippen LogP contribution in [0.2, 0.25) is 0 Å². The van der Waals surface area contributed by atoms with Crippen molar-refractivity contribution >= 4 is 0 Å². The maximum absolute atomic E-state index is 9.99. The van der Waals surface area contributed by atoms with Crippen molar-refractivity contribution < 1.29 is 14.6 Å². The molecule has 132 valence electrons. The van der Waals surface area contributed by atoms with Crippen LogP contribution in [-0.4, -0.2) is 37.5 Å². The zero-order valence-electron chi connectivity index (χ0n) is 14.9. The summed E-state index contributed by atoms with van der Waals surface area (Å²) in [6.45, 7) is 5.75. The quantitative estimate of drug-likeness (QED) is 0.545. The molecular weight excluding hydrogens is 290 g/mol. The Bertz CT molecular complexity index is 411. The molecule has 0 saturated heterocycles. The van der Waals surface area contributed by atoms with Gasteiger partial charge in [-0.2, -0.15) is 0 Å². The summed E-state index contributed by atoms with van der Waals surface area (Å²) in [6, 6.07) is 8.22. The standard InChI is InChI=1S/C19H33NO3/c1-4-5-6-7-10-16(2)20-13-18(21)15-23-14-17-11-8-9-12-19(17)22-3/h8-9,11-12,16,18,20-21H,4-7,10,13-15H2,1-3H3/t16-,18+/m0/s1. The first kappa shape index (κ1) is 19.9. The van der Waals surface area contributed by atoms with Crippen molar-refractivity contribution in [1.29, 1.82) is 0 Å². The Balaban J connectivity index is 2.13. The van der Waals surface area contributed by atoms with Crippen molar-refractivity contribution in [2.75, 3.05) is 20.3 Å². The Labute approximate surface area is 141 Å². The molecule has 0 aliphatic heterocycles. The molecule has 2 N–H and O–H groups in total. The van der Waals surface area contributed by atoms with Gasteiger partial charge in [0.2, 0.25) is 0 Å². The Morgan fingerprint density at radius 1 is 1.17 bits per heavy atom. The molecule has 4 heteroatoms. The topological polar surface area (TPSA) is 50.7 Å². The highest BCUT2D eigenvalue weighted by Gasteiger charge is 2.08. The van der Waals surface area contributed by atoms with Crippen molar-refractivity contribution in [3.05, 3.63) is 29.8 Å². The Hall–Kier alpha value is -1.10. The van der Waals surface area contributed by atoms with Gasteiger partial charge in [-0.25, -0.2) is 0 Å². The van der Waals surface area contributed by atoms with Crippen LogP contribution >= 0.6 is 0 Å². The first-order valence-electron chi connectivity index (χ1n) is 8.78. The van der Waals surface area contributed by atoms with E-state index in [1.54, 1.807) is 7.11 Å². The lowest BCUT2D eigenvalue weighted by molar-refractivity contribution is 0.0270. The predicted molar refractivity (Wildman–Crippen MR) is 94.9 cm³/mol. The second-order valence-electron chi connectivity index (χ2n) is 6.14. The van der Waals surface area contributed by atoms with Gasteiger partial charge >= 0.3 is 0 Å². The lowest BCUT2D eigenvalue weighted by atomic mass is 10.1. The van der Waals surface area contributed by atoms with Gasteiger partial charge in [0.15, 0.2) is 0 Å². The van der Waals surface area contributed by atoms with Crippen LogP contribution in [0.3, 0.4) is 0 Å². The Kier molecular flexibility index (Phi) is 10.7. The van der Waals surface area contributed by atoms with Crippen molar-refractivity contribution in [2.45, 2.75) is 64.7 Å². The fraction of sp³-hybridized carbons (Fsp3) is 0.684. The van der Waals surface area contributed by atoms with E-state index in [4.69, 9.17) is 9.47 Å². The molecule has 0 aliphatic rings. The summed E-state index contributed by atoms with van der Waals surface area (Å²) in [6.07, 6.45) is 5.81. The maximum Gasteiger partial charge on any atom is 0.124 e. The van der Waals surface area contributed by atoms with Crippen LogP contribution in [0.5, 0.6) is 5.75 Å². The van der Waals surface area contributed by atoms with E-state index in [0.29, 0.717) is 25.8 Å². The average Bonchev–Trinajstić information content (AvgIpc) is 2.57. The summed E-state index contributed by atoms with van der Waals surface area (Å²) >= 11 is 0. The molecule has 0 unspecified atom stereocenters. The summed E-state index contributed by atoms with van der Waals surface area (Å²) in [7, 11) is 1.65. The van der Waals surface area contributed by atoms with Crippen LogP contribution < -0.4 is 10.1 Å². The lowest BCUT2D eigenvalue weighted by Gasteiger charge is -2.17. The minimum atomic E-state index is -0.484. The van der Waals surface area contributed by atoms with Crippen molar-refractivity contribution in [3.63, 3.8) is 0 Å². The number of methoxy groups -OCH3 is 1. The SMILES string of the molecule is CCCCCC[C@H](C)NC[C@@H](O)COCc1ccccc1OC. The van der Waals surface area contributed by atoms with Crippen molar-refractivity contribution in [3.8, 4) is 5.75 Å². The third-order valence-electron chi connectivity index (χ3n) is 3.95. The van der Waals surface area contributed by atoms with E-state index in [1.807, 2.05) is 24.3 Å². The molecule has 4 nitrogen and oxygen atoms in total. The molecular formula is C19H33NO3. The third-order valence-corrected chi connectivity index (χ3v) is 3.95. The van der Waals surface area contributed by atoms with Crippen LogP contribution in [0.25, 0.3) is 0 Å². The van der Waals surface area contributed by atoms with E-state index in [1.165, 1.54) is 25.7 Å². The zero-order chi connectivity index (χ0) is 16.9. The molecule has 0 aromatic heterocycles. The molecule has 0 radical (unpaired) electrons. The van der Waals surface area contributed by atoms with Gasteiger partial charge in [0.05, 0.1) is 26.4 Å². The second-order valence-corrected chi connectivity index (χ2v) is 6.14. The number of para-hydroxylation sites is 1. The highest BCUT2D eigenvalue weighted by atomic mass is 16.5. The molecule has 1 aromatic rings. The number of ether oxygens (including phenoxy) is 2. The predicted octanol–water partition coefficient (Wildman–Crippen LogP) is 3.52. The highest BCUT2D eigenvalue weighted by Crippen LogP contribution is 2.17. The van der Waals surface area contributed by atoms with E-state index in [-0.39, 0.29) is 0 Å². The van der Waals surface area contributed by atoms with E-state index >= 15 is 0 Å². The molecule has 2 atom stereocenters. The fourth-order valence-electron chi connectivity index (χ4n) is 2.50. The van der Waals surface area contributed by atoms with Crippen LogP contribution in [0, 0.1) is 0 Å². The number of benzene rings is 1. The van der Waals surface area contributed by atoms with Gasteiger partial charge in [0.1, 0.15) is 5.75 Å². The minimum absolute atomic E-state index is 0.327. The molecule has 23 heavy (non-hydrogen) atoms. The molecule has 0 amide bonds. The Morgan fingerprint density at radius 3 is 2.70 bits per heavy atom. The monoisotopic (exact) mass is 323 g/mol. The first-order valence-corrected chi connectivity index (χ1v) is 8.78. The van der Waals surface area contributed by atoms with Crippen molar-refractivity contribution in [2.24, 2.45) is 0 Å². The number of aliphatic hydroxyl groups excluding tert-OH is 1. The molecule has 0 aliphatic carbocycles. The van der Waals surface area contributed by atoms with Gasteiger partial charge in [-0.05, 0) is 19.4 Å². The van der Waals surface area contributed by atoms with E-state index in [9.17, 15) is 5.11 Å². The number of unbranched alkanes of at least 4 members (excludes halogenated alkanes) is 3. The number of hydrogen-bond acceptors (Lipinski definition) is 4. The van der Waals surface area contributed by atoms with Gasteiger partial charge < -0.3 is 19.9 Å². The molecule has 1 aromatic carbocycles. The van der Waals surface area contributed by atoms with E-state index in [2.05, 4.69) is 19.2 Å². The summed E-state index contributed by atoms with van der Waals surface area (Å²) in [5.74, 6) is 0.820. The van der Waals surface area contributed by atoms with Crippen LogP contribution in [-0.2, 0) is 11.3 Å². The molecule has 0 bridgehead atoms. The number of rotatable bonds is 13. The highest BCUT2D eigenvalue weighted by molar-refractivity contribution is 5.32. The van der Waals surface area contributed by atoms with Gasteiger partial charge in [0.25, 0.3) is 0 Å². The third kappa shape index (κ3) is 8.94. The maximum atomic E-state index is 9.99.